The zero-order valence-corrected chi connectivity index (χ0v) is 18.8. The Balaban J connectivity index is 2.05. The minimum absolute atomic E-state index is 0.231. The lowest BCUT2D eigenvalue weighted by molar-refractivity contribution is 0.227. The van der Waals surface area contributed by atoms with Crippen molar-refractivity contribution in [2.75, 3.05) is 19.4 Å². The fourth-order valence-electron chi connectivity index (χ4n) is 4.04. The quantitative estimate of drug-likeness (QED) is 0.609. The van der Waals surface area contributed by atoms with Crippen molar-refractivity contribution in [3.8, 4) is 22.8 Å². The SMILES string of the molecule is CCN=C1C(=CN)Cc2c(OC)ccnc2-c2ccc(F)cc2[C@@H](C)Oc2cc1cnc2N. The first-order valence-electron chi connectivity index (χ1n) is 10.7. The third kappa shape index (κ3) is 4.24. The Morgan fingerprint density at radius 1 is 1.27 bits per heavy atom. The molecule has 1 atom stereocenters. The van der Waals surface area contributed by atoms with Crippen LogP contribution in [0.3, 0.4) is 0 Å². The molecule has 3 heterocycles. The highest BCUT2D eigenvalue weighted by Crippen LogP contribution is 2.38. The zero-order valence-electron chi connectivity index (χ0n) is 18.8. The lowest BCUT2D eigenvalue weighted by atomic mass is 9.91. The first-order chi connectivity index (χ1) is 16.0. The van der Waals surface area contributed by atoms with Crippen LogP contribution in [0, 0.1) is 5.82 Å². The molecule has 0 fully saturated rings. The molecule has 1 aromatic carbocycles. The number of allylic oxidation sites excluding steroid dienone is 1. The molecule has 0 aliphatic carbocycles. The number of nitrogens with two attached hydrogens (primary N) is 2. The fourth-order valence-corrected chi connectivity index (χ4v) is 4.04. The number of nitrogen functional groups attached to an aromatic ring is 1. The predicted octanol–water partition coefficient (Wildman–Crippen LogP) is 4.22. The number of benzene rings is 1. The number of anilines is 1. The second-order valence-electron chi connectivity index (χ2n) is 7.63. The van der Waals surface area contributed by atoms with Crippen LogP contribution in [0.2, 0.25) is 0 Å². The van der Waals surface area contributed by atoms with E-state index in [1.54, 1.807) is 37.7 Å². The molecule has 2 aromatic heterocycles. The molecule has 7 nitrogen and oxygen atoms in total. The Bertz CT molecular complexity index is 1260. The van der Waals surface area contributed by atoms with E-state index in [1.165, 1.54) is 18.3 Å². The Morgan fingerprint density at radius 2 is 2.09 bits per heavy atom. The Hall–Kier alpha value is -3.94. The van der Waals surface area contributed by atoms with Crippen LogP contribution in [0.25, 0.3) is 11.3 Å². The van der Waals surface area contributed by atoms with Crippen molar-refractivity contribution in [3.05, 3.63) is 77.0 Å². The van der Waals surface area contributed by atoms with Gasteiger partial charge in [0, 0.05) is 47.6 Å². The van der Waals surface area contributed by atoms with Gasteiger partial charge in [-0.15, -0.1) is 0 Å². The van der Waals surface area contributed by atoms with Crippen molar-refractivity contribution >= 4 is 11.5 Å². The summed E-state index contributed by atoms with van der Waals surface area (Å²) < 4.78 is 26.2. The maximum Gasteiger partial charge on any atom is 0.166 e. The van der Waals surface area contributed by atoms with E-state index < -0.39 is 6.10 Å². The summed E-state index contributed by atoms with van der Waals surface area (Å²) in [6.07, 6.45) is 4.70. The van der Waals surface area contributed by atoms with E-state index in [2.05, 4.69) is 9.97 Å². The summed E-state index contributed by atoms with van der Waals surface area (Å²) >= 11 is 0. The lowest BCUT2D eigenvalue weighted by Crippen LogP contribution is -2.15. The number of hydrogen-bond acceptors (Lipinski definition) is 7. The van der Waals surface area contributed by atoms with Gasteiger partial charge in [-0.2, -0.15) is 0 Å². The number of aromatic nitrogens is 2. The van der Waals surface area contributed by atoms with E-state index in [0.29, 0.717) is 41.4 Å². The van der Waals surface area contributed by atoms with E-state index >= 15 is 0 Å². The van der Waals surface area contributed by atoms with Crippen molar-refractivity contribution in [2.45, 2.75) is 26.4 Å². The summed E-state index contributed by atoms with van der Waals surface area (Å²) in [5.74, 6) is 0.887. The maximum absolute atomic E-state index is 14.3. The monoisotopic (exact) mass is 447 g/mol. The number of rotatable bonds is 2. The van der Waals surface area contributed by atoms with Crippen LogP contribution in [0.5, 0.6) is 11.5 Å². The Kier molecular flexibility index (Phi) is 6.26. The zero-order chi connectivity index (χ0) is 23.5. The topological polar surface area (TPSA) is 109 Å². The van der Waals surface area contributed by atoms with Gasteiger partial charge >= 0.3 is 0 Å². The van der Waals surface area contributed by atoms with Crippen LogP contribution < -0.4 is 20.9 Å². The van der Waals surface area contributed by atoms with Crippen molar-refractivity contribution in [1.82, 2.24) is 9.97 Å². The van der Waals surface area contributed by atoms with Gasteiger partial charge in [-0.05, 0) is 56.0 Å². The highest BCUT2D eigenvalue weighted by molar-refractivity contribution is 6.13. The van der Waals surface area contributed by atoms with E-state index in [4.69, 9.17) is 25.9 Å². The molecule has 33 heavy (non-hydrogen) atoms. The average Bonchev–Trinajstić information content (AvgIpc) is 2.82. The molecule has 0 unspecified atom stereocenters. The van der Waals surface area contributed by atoms with E-state index in [-0.39, 0.29) is 11.6 Å². The molecule has 4 rings (SSSR count). The highest BCUT2D eigenvalue weighted by Gasteiger charge is 2.24. The summed E-state index contributed by atoms with van der Waals surface area (Å²) in [5, 5.41) is 0. The second kappa shape index (κ2) is 9.28. The molecular formula is C25H26FN5O2. The normalized spacial score (nSPS) is 18.0. The molecule has 1 aliphatic heterocycles. The third-order valence-electron chi connectivity index (χ3n) is 5.59. The number of nitrogens with zero attached hydrogens (tertiary/aromatic N) is 3. The van der Waals surface area contributed by atoms with Crippen LogP contribution in [-0.4, -0.2) is 29.3 Å². The summed E-state index contributed by atoms with van der Waals surface area (Å²) in [5.41, 5.74) is 17.2. The van der Waals surface area contributed by atoms with Gasteiger partial charge in [0.2, 0.25) is 0 Å². The van der Waals surface area contributed by atoms with Gasteiger partial charge in [-0.3, -0.25) is 9.98 Å². The molecule has 0 spiro atoms. The molecular weight excluding hydrogens is 421 g/mol. The van der Waals surface area contributed by atoms with Gasteiger partial charge in [0.1, 0.15) is 17.7 Å². The van der Waals surface area contributed by atoms with E-state index in [1.807, 2.05) is 13.8 Å². The average molecular weight is 448 g/mol. The molecule has 3 aromatic rings. The van der Waals surface area contributed by atoms with Gasteiger partial charge in [-0.1, -0.05) is 0 Å². The number of aliphatic imine (C=N–C) groups is 1. The number of pyridine rings is 2. The third-order valence-corrected chi connectivity index (χ3v) is 5.59. The summed E-state index contributed by atoms with van der Waals surface area (Å²) in [6, 6.07) is 8.14. The van der Waals surface area contributed by atoms with Crippen LogP contribution in [0.1, 0.15) is 36.6 Å². The molecule has 170 valence electrons. The molecule has 8 heteroatoms. The number of hydrogen-bond donors (Lipinski definition) is 2. The molecule has 2 bridgehead atoms. The van der Waals surface area contributed by atoms with E-state index in [9.17, 15) is 4.39 Å². The Morgan fingerprint density at radius 3 is 2.82 bits per heavy atom. The Labute approximate surface area is 192 Å². The minimum Gasteiger partial charge on any atom is -0.496 e. The highest BCUT2D eigenvalue weighted by atomic mass is 19.1. The molecule has 0 amide bonds. The summed E-state index contributed by atoms with van der Waals surface area (Å²) in [6.45, 7) is 4.33. The largest absolute Gasteiger partial charge is 0.496 e. The molecule has 0 radical (unpaired) electrons. The first kappa shape index (κ1) is 22.3. The maximum atomic E-state index is 14.3. The van der Waals surface area contributed by atoms with Gasteiger partial charge in [-0.25, -0.2) is 9.37 Å². The van der Waals surface area contributed by atoms with E-state index in [0.717, 1.165) is 22.3 Å². The standard InChI is InChI=1S/C25H26FN5O2/c1-4-29-23-15(12-27)9-20-21(32-3)7-8-30-24(20)18-6-5-17(26)11-19(18)14(2)33-22-10-16(23)13-31-25(22)28/h5-8,10-14H,4,9,27H2,1-3H3,(H2,28,31)/t14-/m1/s1. The van der Waals surface area contributed by atoms with Crippen LogP contribution in [0.4, 0.5) is 10.2 Å². The van der Waals surface area contributed by atoms with Crippen LogP contribution >= 0.6 is 0 Å². The number of fused-ring (bicyclic) bond motifs is 5. The molecule has 0 saturated carbocycles. The number of ether oxygens (including phenoxy) is 2. The molecule has 0 saturated heterocycles. The van der Waals surface area contributed by atoms with Crippen molar-refractivity contribution in [1.29, 1.82) is 0 Å². The predicted molar refractivity (Wildman–Crippen MR) is 127 cm³/mol. The van der Waals surface area contributed by atoms with Crippen LogP contribution in [-0.2, 0) is 6.42 Å². The number of methoxy groups -OCH3 is 1. The first-order valence-corrected chi connectivity index (χ1v) is 10.7. The molecule has 4 N–H and O–H groups in total. The van der Waals surface area contributed by atoms with Gasteiger partial charge in [0.25, 0.3) is 0 Å². The number of halogens is 1. The summed E-state index contributed by atoms with van der Waals surface area (Å²) in [4.78, 5) is 13.6. The second-order valence-corrected chi connectivity index (χ2v) is 7.63. The fraction of sp³-hybridized carbons (Fsp3) is 0.240. The van der Waals surface area contributed by atoms with Gasteiger partial charge in [0.15, 0.2) is 11.6 Å². The van der Waals surface area contributed by atoms with Crippen molar-refractivity contribution in [2.24, 2.45) is 10.7 Å². The van der Waals surface area contributed by atoms with Crippen molar-refractivity contribution in [3.63, 3.8) is 0 Å². The van der Waals surface area contributed by atoms with Crippen LogP contribution in [0.15, 0.2) is 59.5 Å². The van der Waals surface area contributed by atoms with Crippen molar-refractivity contribution < 1.29 is 13.9 Å². The lowest BCUT2D eigenvalue weighted by Gasteiger charge is -2.23. The molecule has 1 aliphatic rings. The summed E-state index contributed by atoms with van der Waals surface area (Å²) in [7, 11) is 1.60. The smallest absolute Gasteiger partial charge is 0.166 e. The van der Waals surface area contributed by atoms with Gasteiger partial charge in [0.05, 0.1) is 18.5 Å². The van der Waals surface area contributed by atoms with Gasteiger partial charge < -0.3 is 20.9 Å². The minimum atomic E-state index is -0.536.